The Balaban J connectivity index is 1.34. The maximum atomic E-state index is 13.1. The van der Waals surface area contributed by atoms with Crippen LogP contribution in [0.5, 0.6) is 5.75 Å². The number of allylic oxidation sites excluding steroid dienone is 4. The minimum Gasteiger partial charge on any atom is -0.456 e. The number of amides is 2. The molecule has 1 fully saturated rings. The molecule has 0 spiro atoms. The lowest BCUT2D eigenvalue weighted by Crippen LogP contribution is -2.47. The minimum atomic E-state index is -4.70. The lowest BCUT2D eigenvalue weighted by molar-refractivity contribution is -0.437. The molecule has 4 aliphatic rings. The van der Waals surface area contributed by atoms with Gasteiger partial charge in [0.05, 0.1) is 54.6 Å². The molecular formula is C49H58N3O14S2+. The summed E-state index contributed by atoms with van der Waals surface area (Å²) in [5.74, 6) is -1.52. The van der Waals surface area contributed by atoms with Crippen LogP contribution in [0.15, 0.2) is 83.8 Å². The number of methoxy groups -OCH3 is 1. The first-order chi connectivity index (χ1) is 32.2. The Kier molecular flexibility index (Phi) is 15.2. The molecule has 0 bridgehead atoms. The highest BCUT2D eigenvalue weighted by Crippen LogP contribution is 2.49. The van der Waals surface area contributed by atoms with Gasteiger partial charge in [-0.15, -0.1) is 5.06 Å². The first-order valence-electron chi connectivity index (χ1n) is 22.5. The molecule has 4 aliphatic heterocycles. The van der Waals surface area contributed by atoms with Crippen molar-refractivity contribution in [2.24, 2.45) is 0 Å². The summed E-state index contributed by atoms with van der Waals surface area (Å²) < 4.78 is 94.6. The largest absolute Gasteiger partial charge is 0.456 e. The molecule has 17 nitrogen and oxygen atoms in total. The zero-order valence-electron chi connectivity index (χ0n) is 38.9. The molecule has 0 aliphatic carbocycles. The molecule has 1 atom stereocenters. The monoisotopic (exact) mass is 976 g/mol. The molecule has 3 aromatic carbocycles. The SMILES string of the molecule is COCCOCCOCCN1c2cc3c(cc2C(C)=CC1(C)C)C(=CC1=[N+](CCCS(=O)(=O)O)c2ccc(S(=O)(=O)O)cc2C1(C)CCCC(=O)ON1C(=O)CCC1=O)C=C(c1ccccc1)O3. The zero-order valence-corrected chi connectivity index (χ0v) is 40.5. The van der Waals surface area contributed by atoms with Crippen molar-refractivity contribution in [3.8, 4) is 5.75 Å². The summed E-state index contributed by atoms with van der Waals surface area (Å²) in [5.41, 5.74) is 5.18. The Labute approximate surface area is 397 Å². The number of imide groups is 1. The van der Waals surface area contributed by atoms with E-state index in [1.807, 2.05) is 60.0 Å². The minimum absolute atomic E-state index is 0.0240. The van der Waals surface area contributed by atoms with Gasteiger partial charge in [-0.1, -0.05) is 36.4 Å². The quantitative estimate of drug-likeness (QED) is 0.0502. The van der Waals surface area contributed by atoms with E-state index in [9.17, 15) is 40.3 Å². The van der Waals surface area contributed by atoms with E-state index < -0.39 is 54.7 Å². The first kappa shape index (κ1) is 50.3. The molecule has 0 saturated carbocycles. The van der Waals surface area contributed by atoms with E-state index in [2.05, 4.69) is 37.8 Å². The number of hydrogen-bond acceptors (Lipinski definition) is 13. The molecule has 1 unspecified atom stereocenters. The van der Waals surface area contributed by atoms with Crippen molar-refractivity contribution in [2.75, 3.05) is 63.9 Å². The Morgan fingerprint density at radius 3 is 2.25 bits per heavy atom. The van der Waals surface area contributed by atoms with Gasteiger partial charge in [0.25, 0.3) is 32.1 Å². The second kappa shape index (κ2) is 20.6. The fourth-order valence-corrected chi connectivity index (χ4v) is 10.3. The maximum Gasteiger partial charge on any atom is 0.333 e. The van der Waals surface area contributed by atoms with E-state index in [4.69, 9.17) is 23.8 Å². The van der Waals surface area contributed by atoms with Crippen LogP contribution < -0.4 is 9.64 Å². The van der Waals surface area contributed by atoms with Crippen LogP contribution in [0.1, 0.15) is 88.5 Å². The molecule has 4 heterocycles. The molecule has 3 aromatic rings. The number of anilines is 1. The zero-order chi connectivity index (χ0) is 49.0. The fourth-order valence-electron chi connectivity index (χ4n) is 9.28. The molecule has 0 radical (unpaired) electrons. The van der Waals surface area contributed by atoms with E-state index in [1.165, 1.54) is 18.2 Å². The number of carbonyl (C=O) groups is 3. The van der Waals surface area contributed by atoms with Crippen LogP contribution in [-0.4, -0.2) is 124 Å². The van der Waals surface area contributed by atoms with Crippen molar-refractivity contribution in [1.29, 1.82) is 0 Å². The van der Waals surface area contributed by atoms with Crippen molar-refractivity contribution >= 4 is 72.0 Å². The van der Waals surface area contributed by atoms with E-state index in [-0.39, 0.29) is 50.0 Å². The molecule has 2 amide bonds. The Morgan fingerprint density at radius 2 is 1.57 bits per heavy atom. The van der Waals surface area contributed by atoms with Crippen LogP contribution in [0.4, 0.5) is 11.4 Å². The Hall–Kier alpha value is -5.54. The summed E-state index contributed by atoms with van der Waals surface area (Å²) in [7, 11) is -7.45. The third-order valence-electron chi connectivity index (χ3n) is 12.6. The number of benzene rings is 3. The lowest BCUT2D eigenvalue weighted by Gasteiger charge is -2.44. The molecule has 7 rings (SSSR count). The number of hydrogen-bond donors (Lipinski definition) is 2. The van der Waals surface area contributed by atoms with Gasteiger partial charge in [0.15, 0.2) is 5.71 Å². The summed E-state index contributed by atoms with van der Waals surface area (Å²) >= 11 is 0. The van der Waals surface area contributed by atoms with Gasteiger partial charge in [-0.2, -0.15) is 21.4 Å². The van der Waals surface area contributed by atoms with Crippen molar-refractivity contribution in [3.05, 3.63) is 101 Å². The fraction of sp³-hybridized carbons (Fsp3) is 0.429. The topological polar surface area (TPSA) is 216 Å². The third kappa shape index (κ3) is 11.3. The van der Waals surface area contributed by atoms with Gasteiger partial charge < -0.3 is 28.7 Å². The lowest BCUT2D eigenvalue weighted by atomic mass is 9.74. The van der Waals surface area contributed by atoms with Gasteiger partial charge in [-0.25, -0.2) is 4.79 Å². The van der Waals surface area contributed by atoms with Crippen molar-refractivity contribution in [2.45, 2.75) is 82.1 Å². The molecule has 1 saturated heterocycles. The van der Waals surface area contributed by atoms with Gasteiger partial charge in [0.2, 0.25) is 5.69 Å². The van der Waals surface area contributed by atoms with Crippen LogP contribution >= 0.6 is 0 Å². The van der Waals surface area contributed by atoms with Crippen molar-refractivity contribution < 1.29 is 68.7 Å². The second-order valence-corrected chi connectivity index (χ2v) is 20.8. The van der Waals surface area contributed by atoms with E-state index in [0.717, 1.165) is 28.0 Å². The Bertz CT molecular complexity index is 2800. The molecular weight excluding hydrogens is 919 g/mol. The normalized spacial score (nSPS) is 19.4. The van der Waals surface area contributed by atoms with E-state index in [1.54, 1.807) is 7.11 Å². The molecule has 19 heteroatoms. The Morgan fingerprint density at radius 1 is 0.882 bits per heavy atom. The molecule has 2 N–H and O–H groups in total. The maximum absolute atomic E-state index is 13.1. The van der Waals surface area contributed by atoms with Crippen LogP contribution in [-0.2, 0) is 59.1 Å². The highest BCUT2D eigenvalue weighted by atomic mass is 32.2. The van der Waals surface area contributed by atoms with Gasteiger partial charge >= 0.3 is 5.97 Å². The highest BCUT2D eigenvalue weighted by Gasteiger charge is 2.49. The average Bonchev–Trinajstić information content (AvgIpc) is 3.71. The number of carbonyl (C=O) groups excluding carboxylic acids is 3. The summed E-state index contributed by atoms with van der Waals surface area (Å²) in [6.07, 6.45) is 5.99. The summed E-state index contributed by atoms with van der Waals surface area (Å²) in [6.45, 7) is 11.1. The van der Waals surface area contributed by atoms with Crippen molar-refractivity contribution in [3.63, 3.8) is 0 Å². The molecule has 68 heavy (non-hydrogen) atoms. The number of ether oxygens (including phenoxy) is 4. The molecule has 364 valence electrons. The average molecular weight is 977 g/mol. The summed E-state index contributed by atoms with van der Waals surface area (Å²) in [4.78, 5) is 44.6. The van der Waals surface area contributed by atoms with E-state index in [0.29, 0.717) is 78.7 Å². The summed E-state index contributed by atoms with van der Waals surface area (Å²) in [6, 6.07) is 17.8. The number of rotatable bonds is 21. The third-order valence-corrected chi connectivity index (χ3v) is 14.2. The predicted molar refractivity (Wildman–Crippen MR) is 254 cm³/mol. The van der Waals surface area contributed by atoms with Gasteiger partial charge in [0, 0.05) is 85.5 Å². The van der Waals surface area contributed by atoms with Gasteiger partial charge in [0.1, 0.15) is 18.1 Å². The van der Waals surface area contributed by atoms with Crippen LogP contribution in [0.3, 0.4) is 0 Å². The predicted octanol–water partition coefficient (Wildman–Crippen LogP) is 6.54. The second-order valence-electron chi connectivity index (χ2n) is 17.9. The van der Waals surface area contributed by atoms with E-state index >= 15 is 0 Å². The summed E-state index contributed by atoms with van der Waals surface area (Å²) in [5, 5.41) is 0.484. The van der Waals surface area contributed by atoms with Gasteiger partial charge in [-0.3, -0.25) is 18.7 Å². The van der Waals surface area contributed by atoms with Gasteiger partial charge in [-0.05, 0) is 76.0 Å². The van der Waals surface area contributed by atoms with Crippen LogP contribution in [0, 0.1) is 0 Å². The number of hydroxylamine groups is 2. The number of fused-ring (bicyclic) bond motifs is 3. The first-order valence-corrected chi connectivity index (χ1v) is 25.5. The standard InChI is InChI=1S/C49H57N3O14S2/c1-33-32-48(2,3)51(20-21-63-24-25-64-23-22-62-5)41-31-43-38(30-37(33)41)35(27-42(65-43)34-11-7-6-8-12-34)28-44-49(4,18-9-13-47(55)66-52-45(53)16-17-46(52)54)39-29-36(68(59,60)61)14-15-40(39)50(44)19-10-26-67(56,57)58/h6-8,11-12,14-15,27-32H,9-10,13,16-26H2,1-5H3,(H-,56,57,58,59,60,61)/p+1. The van der Waals surface area contributed by atoms with Crippen LogP contribution in [0.2, 0.25) is 0 Å². The highest BCUT2D eigenvalue weighted by molar-refractivity contribution is 7.86. The molecule has 0 aromatic heterocycles. The van der Waals surface area contributed by atoms with Crippen LogP contribution in [0.25, 0.3) is 16.9 Å². The number of nitrogens with zero attached hydrogens (tertiary/aromatic N) is 3. The smallest absolute Gasteiger partial charge is 0.333 e. The van der Waals surface area contributed by atoms with Crippen molar-refractivity contribution in [1.82, 2.24) is 5.06 Å².